The molecule has 2 fully saturated rings. The molecule has 2 heteroatoms. The summed E-state index contributed by atoms with van der Waals surface area (Å²) in [6.07, 6.45) is 11.7. The van der Waals surface area contributed by atoms with Gasteiger partial charge in [0.1, 0.15) is 0 Å². The molecular formula is C17H24N2. The first kappa shape index (κ1) is 11.6. The fourth-order valence-electron chi connectivity index (χ4n) is 3.54. The van der Waals surface area contributed by atoms with Crippen molar-refractivity contribution in [2.24, 2.45) is 5.92 Å². The molecule has 0 spiro atoms. The second-order valence-electron chi connectivity index (χ2n) is 6.65. The summed E-state index contributed by atoms with van der Waals surface area (Å²) < 4.78 is 0. The normalized spacial score (nSPS) is 26.0. The molecule has 1 heterocycles. The first-order valence-corrected chi connectivity index (χ1v) is 8.05. The zero-order valence-corrected chi connectivity index (χ0v) is 11.6. The molecule has 102 valence electrons. The van der Waals surface area contributed by atoms with E-state index < -0.39 is 0 Å². The minimum Gasteiger partial charge on any atom is -0.364 e. The van der Waals surface area contributed by atoms with Crippen LogP contribution in [0.25, 0.3) is 0 Å². The summed E-state index contributed by atoms with van der Waals surface area (Å²) in [6.45, 7) is 0. The fraction of sp³-hybridized carbons (Fsp3) is 0.647. The molecule has 0 saturated heterocycles. The third kappa shape index (κ3) is 2.22. The maximum atomic E-state index is 3.67. The number of nitrogens with one attached hydrogen (secondary N) is 2. The van der Waals surface area contributed by atoms with E-state index in [1.807, 2.05) is 0 Å². The van der Waals surface area contributed by atoms with E-state index in [1.54, 1.807) is 5.56 Å². The first-order chi connectivity index (χ1) is 9.38. The minimum absolute atomic E-state index is 0.465. The zero-order valence-electron chi connectivity index (χ0n) is 11.6. The van der Waals surface area contributed by atoms with Gasteiger partial charge in [0, 0.05) is 0 Å². The maximum absolute atomic E-state index is 3.67. The van der Waals surface area contributed by atoms with Gasteiger partial charge in [-0.3, -0.25) is 0 Å². The van der Waals surface area contributed by atoms with Crippen LogP contribution in [0.4, 0.5) is 11.4 Å². The Morgan fingerprint density at radius 1 is 0.895 bits per heavy atom. The molecule has 19 heavy (non-hydrogen) atoms. The van der Waals surface area contributed by atoms with E-state index in [0.717, 1.165) is 11.8 Å². The predicted octanol–water partition coefficient (Wildman–Crippen LogP) is 4.70. The van der Waals surface area contributed by atoms with Gasteiger partial charge in [-0.15, -0.1) is 0 Å². The van der Waals surface area contributed by atoms with Gasteiger partial charge in [-0.2, -0.15) is 0 Å². The Bertz CT molecular complexity index is 460. The van der Waals surface area contributed by atoms with Crippen LogP contribution < -0.4 is 10.6 Å². The van der Waals surface area contributed by atoms with Gasteiger partial charge in [0.25, 0.3) is 0 Å². The Morgan fingerprint density at radius 3 is 2.37 bits per heavy atom. The highest BCUT2D eigenvalue weighted by Crippen LogP contribution is 2.40. The Morgan fingerprint density at radius 2 is 1.68 bits per heavy atom. The summed E-state index contributed by atoms with van der Waals surface area (Å²) in [4.78, 5) is 0. The number of hydrogen-bond donors (Lipinski definition) is 2. The predicted molar refractivity (Wildman–Crippen MR) is 80.6 cm³/mol. The van der Waals surface area contributed by atoms with Crippen molar-refractivity contribution in [1.29, 1.82) is 0 Å². The molecule has 2 aliphatic carbocycles. The first-order valence-electron chi connectivity index (χ1n) is 8.05. The maximum Gasteiger partial charge on any atom is 0.0964 e. The standard InChI is InChI=1S/C17H24N2/c1-3-12(4-1)7-10-17-18-15-9-8-14(11-16(15)19-17)13-5-2-6-13/h8-9,11-13,17-19H,1-7,10H2. The molecule has 1 aromatic rings. The van der Waals surface area contributed by atoms with E-state index in [1.165, 1.54) is 62.7 Å². The minimum atomic E-state index is 0.465. The molecular weight excluding hydrogens is 232 g/mol. The van der Waals surface area contributed by atoms with E-state index in [-0.39, 0.29) is 0 Å². The van der Waals surface area contributed by atoms with E-state index in [9.17, 15) is 0 Å². The van der Waals surface area contributed by atoms with Gasteiger partial charge >= 0.3 is 0 Å². The molecule has 0 aromatic heterocycles. The van der Waals surface area contributed by atoms with E-state index >= 15 is 0 Å². The molecule has 0 radical (unpaired) electrons. The monoisotopic (exact) mass is 256 g/mol. The Kier molecular flexibility index (Phi) is 2.90. The van der Waals surface area contributed by atoms with Crippen LogP contribution in [0.15, 0.2) is 18.2 Å². The number of hydrogen-bond acceptors (Lipinski definition) is 2. The van der Waals surface area contributed by atoms with Gasteiger partial charge in [0.15, 0.2) is 0 Å². The van der Waals surface area contributed by atoms with E-state index in [0.29, 0.717) is 6.17 Å². The van der Waals surface area contributed by atoms with Crippen LogP contribution >= 0.6 is 0 Å². The molecule has 1 atom stereocenters. The Hall–Kier alpha value is -1.18. The average molecular weight is 256 g/mol. The van der Waals surface area contributed by atoms with E-state index in [2.05, 4.69) is 28.8 Å². The SMILES string of the molecule is c1cc2c(cc1C1CCC1)NC(CCC1CCC1)N2. The van der Waals surface area contributed by atoms with Gasteiger partial charge in [-0.25, -0.2) is 0 Å². The number of fused-ring (bicyclic) bond motifs is 1. The second-order valence-corrected chi connectivity index (χ2v) is 6.65. The molecule has 1 aliphatic heterocycles. The molecule has 2 nitrogen and oxygen atoms in total. The van der Waals surface area contributed by atoms with Crippen molar-refractivity contribution in [3.05, 3.63) is 23.8 Å². The quantitative estimate of drug-likeness (QED) is 0.816. The van der Waals surface area contributed by atoms with Gasteiger partial charge < -0.3 is 10.6 Å². The lowest BCUT2D eigenvalue weighted by Crippen LogP contribution is -2.24. The van der Waals surface area contributed by atoms with Gasteiger partial charge in [-0.05, 0) is 55.2 Å². The molecule has 0 bridgehead atoms. The number of anilines is 2. The lowest BCUT2D eigenvalue weighted by Gasteiger charge is -2.26. The highest BCUT2D eigenvalue weighted by molar-refractivity contribution is 5.75. The second kappa shape index (κ2) is 4.73. The van der Waals surface area contributed by atoms with Crippen molar-refractivity contribution in [1.82, 2.24) is 0 Å². The molecule has 2 saturated carbocycles. The molecule has 0 amide bonds. The van der Waals surface area contributed by atoms with Crippen LogP contribution in [-0.4, -0.2) is 6.17 Å². The zero-order chi connectivity index (χ0) is 12.7. The summed E-state index contributed by atoms with van der Waals surface area (Å²) in [5.74, 6) is 1.85. The fourth-order valence-corrected chi connectivity index (χ4v) is 3.54. The topological polar surface area (TPSA) is 24.1 Å². The molecule has 4 rings (SSSR count). The smallest absolute Gasteiger partial charge is 0.0964 e. The largest absolute Gasteiger partial charge is 0.364 e. The van der Waals surface area contributed by atoms with Crippen molar-refractivity contribution in [2.45, 2.75) is 63.5 Å². The van der Waals surface area contributed by atoms with Crippen LogP contribution in [0.3, 0.4) is 0 Å². The summed E-state index contributed by atoms with van der Waals surface area (Å²) in [7, 11) is 0. The lowest BCUT2D eigenvalue weighted by atomic mass is 9.80. The van der Waals surface area contributed by atoms with Crippen LogP contribution in [0.5, 0.6) is 0 Å². The number of benzene rings is 1. The van der Waals surface area contributed by atoms with Crippen molar-refractivity contribution < 1.29 is 0 Å². The van der Waals surface area contributed by atoms with Crippen molar-refractivity contribution in [3.8, 4) is 0 Å². The van der Waals surface area contributed by atoms with Crippen LogP contribution in [0.2, 0.25) is 0 Å². The molecule has 1 aromatic carbocycles. The van der Waals surface area contributed by atoms with E-state index in [4.69, 9.17) is 0 Å². The van der Waals surface area contributed by atoms with Gasteiger partial charge in [-0.1, -0.05) is 31.7 Å². The molecule has 3 aliphatic rings. The average Bonchev–Trinajstić information content (AvgIpc) is 2.66. The van der Waals surface area contributed by atoms with Gasteiger partial charge in [0.05, 0.1) is 17.5 Å². The third-order valence-electron chi connectivity index (χ3n) is 5.37. The van der Waals surface area contributed by atoms with Crippen LogP contribution in [0.1, 0.15) is 62.8 Å². The van der Waals surface area contributed by atoms with Gasteiger partial charge in [0.2, 0.25) is 0 Å². The van der Waals surface area contributed by atoms with Crippen molar-refractivity contribution in [2.75, 3.05) is 10.6 Å². The van der Waals surface area contributed by atoms with Crippen molar-refractivity contribution >= 4 is 11.4 Å². The lowest BCUT2D eigenvalue weighted by molar-refractivity contribution is 0.287. The number of rotatable bonds is 4. The Labute approximate surface area is 116 Å². The summed E-state index contributed by atoms with van der Waals surface area (Å²) in [5.41, 5.74) is 4.18. The highest BCUT2D eigenvalue weighted by atomic mass is 15.2. The molecule has 2 N–H and O–H groups in total. The molecule has 1 unspecified atom stereocenters. The summed E-state index contributed by atoms with van der Waals surface area (Å²) >= 11 is 0. The Balaban J connectivity index is 1.38. The highest BCUT2D eigenvalue weighted by Gasteiger charge is 2.25. The summed E-state index contributed by atoms with van der Waals surface area (Å²) in [6, 6.07) is 6.99. The van der Waals surface area contributed by atoms with Crippen molar-refractivity contribution in [3.63, 3.8) is 0 Å². The summed E-state index contributed by atoms with van der Waals surface area (Å²) in [5, 5.41) is 7.30. The van der Waals surface area contributed by atoms with Crippen LogP contribution in [-0.2, 0) is 0 Å². The third-order valence-corrected chi connectivity index (χ3v) is 5.37. The van der Waals surface area contributed by atoms with Crippen LogP contribution in [0, 0.1) is 5.92 Å².